The molecule has 0 unspecified atom stereocenters. The molecule has 1 aliphatic rings. The van der Waals surface area contributed by atoms with Gasteiger partial charge in [0.05, 0.1) is 21.6 Å². The highest BCUT2D eigenvalue weighted by molar-refractivity contribution is 7.19. The number of nitrogens with zero attached hydrogens (tertiary/aromatic N) is 2. The number of anilines is 2. The van der Waals surface area contributed by atoms with Crippen molar-refractivity contribution < 1.29 is 19.1 Å². The molecule has 0 fully saturated rings. The van der Waals surface area contributed by atoms with E-state index in [0.29, 0.717) is 16.4 Å². The predicted molar refractivity (Wildman–Crippen MR) is 107 cm³/mol. The van der Waals surface area contributed by atoms with Crippen molar-refractivity contribution in [1.82, 2.24) is 4.98 Å². The molecule has 2 heterocycles. The van der Waals surface area contributed by atoms with Crippen molar-refractivity contribution in [3.05, 3.63) is 59.6 Å². The van der Waals surface area contributed by atoms with Crippen molar-refractivity contribution in [2.75, 3.05) is 23.4 Å². The van der Waals surface area contributed by atoms with Crippen LogP contribution in [0, 0.1) is 0 Å². The minimum Gasteiger partial charge on any atom is -0.452 e. The first-order valence-electron chi connectivity index (χ1n) is 8.50. The Morgan fingerprint density at radius 2 is 1.96 bits per heavy atom. The first-order valence-corrected chi connectivity index (χ1v) is 9.31. The Balaban J connectivity index is 1.38. The Labute approximate surface area is 164 Å². The number of para-hydroxylation sites is 3. The molecule has 0 saturated heterocycles. The molecule has 28 heavy (non-hydrogen) atoms. The minimum absolute atomic E-state index is 0.116. The summed E-state index contributed by atoms with van der Waals surface area (Å²) in [6, 6.07) is 14.6. The fourth-order valence-electron chi connectivity index (χ4n) is 2.82. The lowest BCUT2D eigenvalue weighted by Crippen LogP contribution is -2.43. The standard InChI is InChI=1S/C20H15N3O4S/c24-17-11-23(15-7-3-1-5-13(15)21-17)19(25)12-27-20(26)10-9-18-22-14-6-2-4-8-16(14)28-18/h1-10H,11-12H2,(H,21,24)/b10-9+. The lowest BCUT2D eigenvalue weighted by atomic mass is 10.2. The number of hydrogen-bond acceptors (Lipinski definition) is 6. The summed E-state index contributed by atoms with van der Waals surface area (Å²) >= 11 is 1.45. The molecule has 140 valence electrons. The van der Waals surface area contributed by atoms with Crippen LogP contribution in [-0.2, 0) is 19.1 Å². The van der Waals surface area contributed by atoms with Gasteiger partial charge in [0, 0.05) is 6.08 Å². The molecule has 0 atom stereocenters. The van der Waals surface area contributed by atoms with E-state index in [1.54, 1.807) is 30.3 Å². The van der Waals surface area contributed by atoms with Gasteiger partial charge in [-0.05, 0) is 30.3 Å². The molecule has 0 saturated carbocycles. The van der Waals surface area contributed by atoms with Gasteiger partial charge in [0.25, 0.3) is 5.91 Å². The van der Waals surface area contributed by atoms with Crippen LogP contribution in [0.15, 0.2) is 54.6 Å². The zero-order valence-electron chi connectivity index (χ0n) is 14.6. The molecule has 2 amide bonds. The Morgan fingerprint density at radius 1 is 1.18 bits per heavy atom. The Bertz CT molecular complexity index is 1070. The third kappa shape index (κ3) is 3.77. The van der Waals surface area contributed by atoms with Crippen molar-refractivity contribution in [2.45, 2.75) is 0 Å². The van der Waals surface area contributed by atoms with Gasteiger partial charge in [-0.3, -0.25) is 14.5 Å². The molecular weight excluding hydrogens is 378 g/mol. The van der Waals surface area contributed by atoms with E-state index in [1.165, 1.54) is 22.3 Å². The van der Waals surface area contributed by atoms with Gasteiger partial charge in [0.2, 0.25) is 5.91 Å². The molecule has 8 heteroatoms. The predicted octanol–water partition coefficient (Wildman–Crippen LogP) is 2.84. The average Bonchev–Trinajstić information content (AvgIpc) is 3.12. The number of nitrogens with one attached hydrogen (secondary N) is 1. The normalized spacial score (nSPS) is 13.4. The van der Waals surface area contributed by atoms with Gasteiger partial charge >= 0.3 is 5.97 Å². The second kappa shape index (κ2) is 7.61. The number of fused-ring (bicyclic) bond motifs is 2. The quantitative estimate of drug-likeness (QED) is 0.544. The molecule has 1 aromatic heterocycles. The average molecular weight is 393 g/mol. The van der Waals surface area contributed by atoms with Gasteiger partial charge in [-0.15, -0.1) is 11.3 Å². The summed E-state index contributed by atoms with van der Waals surface area (Å²) in [5, 5.41) is 3.37. The maximum atomic E-state index is 12.4. The fraction of sp³-hybridized carbons (Fsp3) is 0.100. The Kier molecular flexibility index (Phi) is 4.86. The maximum Gasteiger partial charge on any atom is 0.331 e. The van der Waals surface area contributed by atoms with Crippen molar-refractivity contribution in [3.63, 3.8) is 0 Å². The molecule has 7 nitrogen and oxygen atoms in total. The van der Waals surface area contributed by atoms with E-state index in [0.717, 1.165) is 10.2 Å². The van der Waals surface area contributed by atoms with Crippen LogP contribution in [-0.4, -0.2) is 35.9 Å². The molecule has 1 aliphatic heterocycles. The van der Waals surface area contributed by atoms with Crippen LogP contribution < -0.4 is 10.2 Å². The molecule has 2 aromatic carbocycles. The summed E-state index contributed by atoms with van der Waals surface area (Å²) in [5.74, 6) is -1.42. The van der Waals surface area contributed by atoms with Crippen LogP contribution in [0.2, 0.25) is 0 Å². The highest BCUT2D eigenvalue weighted by Gasteiger charge is 2.26. The van der Waals surface area contributed by atoms with E-state index < -0.39 is 18.5 Å². The maximum absolute atomic E-state index is 12.4. The fourth-order valence-corrected chi connectivity index (χ4v) is 3.69. The summed E-state index contributed by atoms with van der Waals surface area (Å²) in [5.41, 5.74) is 1.99. The van der Waals surface area contributed by atoms with Crippen molar-refractivity contribution in [1.29, 1.82) is 0 Å². The van der Waals surface area contributed by atoms with Crippen LogP contribution >= 0.6 is 11.3 Å². The van der Waals surface area contributed by atoms with Crippen molar-refractivity contribution >= 4 is 56.8 Å². The molecule has 0 aliphatic carbocycles. The lowest BCUT2D eigenvalue weighted by molar-refractivity contribution is -0.143. The number of thiazole rings is 1. The van der Waals surface area contributed by atoms with E-state index >= 15 is 0 Å². The molecule has 0 bridgehead atoms. The zero-order chi connectivity index (χ0) is 19.5. The summed E-state index contributed by atoms with van der Waals surface area (Å²) in [6.45, 7) is -0.570. The Hall–Kier alpha value is -3.52. The number of amides is 2. The second-order valence-electron chi connectivity index (χ2n) is 6.01. The highest BCUT2D eigenvalue weighted by Crippen LogP contribution is 2.28. The number of aromatic nitrogens is 1. The smallest absolute Gasteiger partial charge is 0.331 e. The van der Waals surface area contributed by atoms with Crippen LogP contribution in [0.1, 0.15) is 5.01 Å². The van der Waals surface area contributed by atoms with Crippen LogP contribution in [0.5, 0.6) is 0 Å². The topological polar surface area (TPSA) is 88.6 Å². The molecule has 3 aromatic rings. The van der Waals surface area contributed by atoms with Gasteiger partial charge < -0.3 is 10.1 Å². The molecule has 0 radical (unpaired) electrons. The molecule has 1 N–H and O–H groups in total. The first kappa shape index (κ1) is 17.9. The van der Waals surface area contributed by atoms with Crippen LogP contribution in [0.3, 0.4) is 0 Å². The summed E-state index contributed by atoms with van der Waals surface area (Å²) in [4.78, 5) is 41.9. The number of carbonyl (C=O) groups is 3. The minimum atomic E-state index is -0.651. The van der Waals surface area contributed by atoms with Gasteiger partial charge in [-0.25, -0.2) is 9.78 Å². The van der Waals surface area contributed by atoms with E-state index in [-0.39, 0.29) is 12.5 Å². The van der Waals surface area contributed by atoms with Gasteiger partial charge in [-0.1, -0.05) is 24.3 Å². The van der Waals surface area contributed by atoms with E-state index in [9.17, 15) is 14.4 Å². The lowest BCUT2D eigenvalue weighted by Gasteiger charge is -2.28. The van der Waals surface area contributed by atoms with E-state index in [2.05, 4.69) is 10.3 Å². The van der Waals surface area contributed by atoms with Crippen molar-refractivity contribution in [2.24, 2.45) is 0 Å². The van der Waals surface area contributed by atoms with Crippen molar-refractivity contribution in [3.8, 4) is 0 Å². The number of benzene rings is 2. The molecule has 0 spiro atoms. The van der Waals surface area contributed by atoms with Gasteiger partial charge in [-0.2, -0.15) is 0 Å². The summed E-state index contributed by atoms with van der Waals surface area (Å²) in [7, 11) is 0. The second-order valence-corrected chi connectivity index (χ2v) is 7.07. The van der Waals surface area contributed by atoms with Gasteiger partial charge in [0.15, 0.2) is 6.61 Å². The largest absolute Gasteiger partial charge is 0.452 e. The highest BCUT2D eigenvalue weighted by atomic mass is 32.1. The molecular formula is C20H15N3O4S. The molecule has 4 rings (SSSR count). The van der Waals surface area contributed by atoms with E-state index in [4.69, 9.17) is 4.74 Å². The van der Waals surface area contributed by atoms with Gasteiger partial charge in [0.1, 0.15) is 11.6 Å². The number of carbonyl (C=O) groups excluding carboxylic acids is 3. The Morgan fingerprint density at radius 3 is 2.82 bits per heavy atom. The number of rotatable bonds is 4. The zero-order valence-corrected chi connectivity index (χ0v) is 15.4. The monoisotopic (exact) mass is 393 g/mol. The third-order valence-electron chi connectivity index (χ3n) is 4.08. The first-order chi connectivity index (χ1) is 13.6. The SMILES string of the molecule is O=C1CN(C(=O)COC(=O)/C=C/c2nc3ccccc3s2)c2ccccc2N1. The summed E-state index contributed by atoms with van der Waals surface area (Å²) < 4.78 is 6.05. The summed E-state index contributed by atoms with van der Waals surface area (Å²) in [6.07, 6.45) is 2.79. The van der Waals surface area contributed by atoms with E-state index in [1.807, 2.05) is 24.3 Å². The third-order valence-corrected chi connectivity index (χ3v) is 5.08. The number of ether oxygens (including phenoxy) is 1. The number of esters is 1. The number of hydrogen-bond donors (Lipinski definition) is 1. The van der Waals surface area contributed by atoms with Crippen LogP contribution in [0.25, 0.3) is 16.3 Å². The van der Waals surface area contributed by atoms with Crippen LogP contribution in [0.4, 0.5) is 11.4 Å².